The van der Waals surface area contributed by atoms with Crippen LogP contribution in [0.1, 0.15) is 5.56 Å². The van der Waals surface area contributed by atoms with E-state index in [1.807, 2.05) is 12.1 Å². The maximum absolute atomic E-state index is 5.97. The molecular formula is C19H14O. The number of aryl methyl sites for hydroxylation is 1. The summed E-state index contributed by atoms with van der Waals surface area (Å²) in [6.45, 7) is 2.11. The molecule has 1 heteroatoms. The fraction of sp³-hybridized carbons (Fsp3) is 0.0526. The van der Waals surface area contributed by atoms with Crippen molar-refractivity contribution in [3.8, 4) is 11.1 Å². The molecule has 1 heterocycles. The van der Waals surface area contributed by atoms with E-state index in [1.54, 1.807) is 0 Å². The fourth-order valence-electron chi connectivity index (χ4n) is 2.80. The van der Waals surface area contributed by atoms with Gasteiger partial charge in [-0.3, -0.25) is 0 Å². The molecule has 0 saturated heterocycles. The van der Waals surface area contributed by atoms with Crippen molar-refractivity contribution in [1.29, 1.82) is 0 Å². The van der Waals surface area contributed by atoms with Gasteiger partial charge in [0.05, 0.1) is 0 Å². The van der Waals surface area contributed by atoms with Crippen LogP contribution < -0.4 is 0 Å². The largest absolute Gasteiger partial charge is 0.456 e. The molecule has 0 spiro atoms. The Morgan fingerprint density at radius 2 is 1.60 bits per heavy atom. The molecule has 0 amide bonds. The first kappa shape index (κ1) is 11.3. The highest BCUT2D eigenvalue weighted by Crippen LogP contribution is 2.36. The summed E-state index contributed by atoms with van der Waals surface area (Å²) in [4.78, 5) is 0. The molecule has 0 radical (unpaired) electrons. The molecule has 20 heavy (non-hydrogen) atoms. The molecule has 0 atom stereocenters. The van der Waals surface area contributed by atoms with Gasteiger partial charge in [-0.2, -0.15) is 0 Å². The SMILES string of the molecule is Cc1ccc2oc3cccc(-c4ccccc4)c3c2c1. The second kappa shape index (κ2) is 4.24. The summed E-state index contributed by atoms with van der Waals surface area (Å²) in [5.74, 6) is 0. The lowest BCUT2D eigenvalue weighted by molar-refractivity contribution is 0.669. The molecule has 4 aromatic rings. The number of fused-ring (bicyclic) bond motifs is 3. The van der Waals surface area contributed by atoms with Gasteiger partial charge in [0, 0.05) is 10.8 Å². The zero-order chi connectivity index (χ0) is 13.5. The summed E-state index contributed by atoms with van der Waals surface area (Å²) < 4.78 is 5.97. The first-order valence-electron chi connectivity index (χ1n) is 6.80. The van der Waals surface area contributed by atoms with E-state index in [2.05, 4.69) is 61.5 Å². The van der Waals surface area contributed by atoms with Crippen LogP contribution in [0, 0.1) is 6.92 Å². The van der Waals surface area contributed by atoms with Crippen molar-refractivity contribution in [3.63, 3.8) is 0 Å². The Bertz CT molecular complexity index is 901. The number of rotatable bonds is 1. The molecule has 0 fully saturated rings. The van der Waals surface area contributed by atoms with Gasteiger partial charge in [0.15, 0.2) is 0 Å². The van der Waals surface area contributed by atoms with Crippen LogP contribution >= 0.6 is 0 Å². The highest BCUT2D eigenvalue weighted by atomic mass is 16.3. The van der Waals surface area contributed by atoms with E-state index in [1.165, 1.54) is 27.5 Å². The minimum atomic E-state index is 0.951. The number of furan rings is 1. The van der Waals surface area contributed by atoms with Crippen LogP contribution in [-0.4, -0.2) is 0 Å². The molecule has 0 aliphatic heterocycles. The van der Waals surface area contributed by atoms with Gasteiger partial charge in [-0.05, 0) is 36.2 Å². The first-order chi connectivity index (χ1) is 9.83. The average molecular weight is 258 g/mol. The first-order valence-corrected chi connectivity index (χ1v) is 6.80. The zero-order valence-electron chi connectivity index (χ0n) is 11.3. The predicted octanol–water partition coefficient (Wildman–Crippen LogP) is 5.56. The molecule has 4 rings (SSSR count). The summed E-state index contributed by atoms with van der Waals surface area (Å²) in [6, 6.07) is 23.1. The van der Waals surface area contributed by atoms with Crippen LogP contribution in [0.25, 0.3) is 33.1 Å². The Morgan fingerprint density at radius 1 is 0.750 bits per heavy atom. The lowest BCUT2D eigenvalue weighted by Crippen LogP contribution is -1.79. The molecule has 0 unspecified atom stereocenters. The van der Waals surface area contributed by atoms with Crippen molar-refractivity contribution in [2.24, 2.45) is 0 Å². The third-order valence-electron chi connectivity index (χ3n) is 3.74. The van der Waals surface area contributed by atoms with Gasteiger partial charge < -0.3 is 4.42 Å². The summed E-state index contributed by atoms with van der Waals surface area (Å²) in [5, 5.41) is 2.40. The molecule has 1 nitrogen and oxygen atoms in total. The van der Waals surface area contributed by atoms with Gasteiger partial charge in [0.25, 0.3) is 0 Å². The standard InChI is InChI=1S/C19H14O/c1-13-10-11-17-16(12-13)19-15(8-5-9-18(19)20-17)14-6-3-2-4-7-14/h2-12H,1H3. The summed E-state index contributed by atoms with van der Waals surface area (Å²) >= 11 is 0. The number of hydrogen-bond acceptors (Lipinski definition) is 1. The van der Waals surface area contributed by atoms with E-state index in [4.69, 9.17) is 4.42 Å². The molecule has 0 aliphatic rings. The maximum atomic E-state index is 5.97. The smallest absolute Gasteiger partial charge is 0.136 e. The minimum absolute atomic E-state index is 0.951. The molecule has 0 aliphatic carbocycles. The normalized spacial score (nSPS) is 11.2. The quantitative estimate of drug-likeness (QED) is 0.435. The number of benzene rings is 3. The van der Waals surface area contributed by atoms with Crippen molar-refractivity contribution < 1.29 is 4.42 Å². The highest BCUT2D eigenvalue weighted by molar-refractivity contribution is 6.12. The molecule has 96 valence electrons. The molecule has 1 aromatic heterocycles. The third kappa shape index (κ3) is 1.64. The van der Waals surface area contributed by atoms with Gasteiger partial charge in [0.1, 0.15) is 11.2 Å². The minimum Gasteiger partial charge on any atom is -0.456 e. The van der Waals surface area contributed by atoms with Crippen molar-refractivity contribution in [1.82, 2.24) is 0 Å². The van der Waals surface area contributed by atoms with Gasteiger partial charge in [-0.15, -0.1) is 0 Å². The van der Waals surface area contributed by atoms with E-state index in [0.29, 0.717) is 0 Å². The Morgan fingerprint density at radius 3 is 2.45 bits per heavy atom. The molecule has 0 bridgehead atoms. The van der Waals surface area contributed by atoms with E-state index >= 15 is 0 Å². The van der Waals surface area contributed by atoms with E-state index in [9.17, 15) is 0 Å². The van der Waals surface area contributed by atoms with Crippen LogP contribution in [0.3, 0.4) is 0 Å². The second-order valence-corrected chi connectivity index (χ2v) is 5.15. The topological polar surface area (TPSA) is 13.1 Å². The molecular weight excluding hydrogens is 244 g/mol. The lowest BCUT2D eigenvalue weighted by atomic mass is 9.99. The highest BCUT2D eigenvalue weighted by Gasteiger charge is 2.11. The van der Waals surface area contributed by atoms with E-state index < -0.39 is 0 Å². The predicted molar refractivity (Wildman–Crippen MR) is 83.9 cm³/mol. The molecule has 0 N–H and O–H groups in total. The number of hydrogen-bond donors (Lipinski definition) is 0. The van der Waals surface area contributed by atoms with Crippen LogP contribution in [0.4, 0.5) is 0 Å². The molecule has 0 saturated carbocycles. The van der Waals surface area contributed by atoms with Crippen molar-refractivity contribution in [2.75, 3.05) is 0 Å². The summed E-state index contributed by atoms with van der Waals surface area (Å²) in [6.07, 6.45) is 0. The molecule has 3 aromatic carbocycles. The Balaban J connectivity index is 2.16. The second-order valence-electron chi connectivity index (χ2n) is 5.15. The van der Waals surface area contributed by atoms with E-state index in [0.717, 1.165) is 11.2 Å². The van der Waals surface area contributed by atoms with Crippen LogP contribution in [-0.2, 0) is 0 Å². The fourth-order valence-corrected chi connectivity index (χ4v) is 2.80. The Hall–Kier alpha value is -2.54. The summed E-state index contributed by atoms with van der Waals surface area (Å²) in [7, 11) is 0. The maximum Gasteiger partial charge on any atom is 0.136 e. The van der Waals surface area contributed by atoms with Gasteiger partial charge in [-0.25, -0.2) is 0 Å². The van der Waals surface area contributed by atoms with Gasteiger partial charge in [-0.1, -0.05) is 54.1 Å². The monoisotopic (exact) mass is 258 g/mol. The van der Waals surface area contributed by atoms with Crippen LogP contribution in [0.5, 0.6) is 0 Å². The van der Waals surface area contributed by atoms with Crippen molar-refractivity contribution in [2.45, 2.75) is 6.92 Å². The zero-order valence-corrected chi connectivity index (χ0v) is 11.3. The van der Waals surface area contributed by atoms with Gasteiger partial charge in [0.2, 0.25) is 0 Å². The van der Waals surface area contributed by atoms with E-state index in [-0.39, 0.29) is 0 Å². The van der Waals surface area contributed by atoms with Gasteiger partial charge >= 0.3 is 0 Å². The summed E-state index contributed by atoms with van der Waals surface area (Å²) in [5.41, 5.74) is 5.61. The van der Waals surface area contributed by atoms with Crippen molar-refractivity contribution >= 4 is 21.9 Å². The lowest BCUT2D eigenvalue weighted by Gasteiger charge is -2.03. The van der Waals surface area contributed by atoms with Crippen LogP contribution in [0.2, 0.25) is 0 Å². The Labute approximate surface area is 117 Å². The third-order valence-corrected chi connectivity index (χ3v) is 3.74. The Kier molecular flexibility index (Phi) is 2.40. The van der Waals surface area contributed by atoms with Crippen LogP contribution in [0.15, 0.2) is 71.1 Å². The van der Waals surface area contributed by atoms with Crippen molar-refractivity contribution in [3.05, 3.63) is 72.3 Å². The average Bonchev–Trinajstić information content (AvgIpc) is 2.86.